The van der Waals surface area contributed by atoms with E-state index < -0.39 is 40.9 Å². The minimum Gasteiger partial charge on any atom is -0.381 e. The molecular weight excluding hydrogens is 441 g/mol. The zero-order valence-corrected chi connectivity index (χ0v) is 18.2. The van der Waals surface area contributed by atoms with Crippen LogP contribution in [0.4, 0.5) is 13.2 Å². The van der Waals surface area contributed by atoms with Crippen LogP contribution in [0.3, 0.4) is 0 Å². The Hall–Kier alpha value is -3.34. The Morgan fingerprint density at radius 2 is 1.82 bits per heavy atom. The van der Waals surface area contributed by atoms with Crippen LogP contribution >= 0.6 is 0 Å². The number of nitrogens with zero attached hydrogens (tertiary/aromatic N) is 3. The van der Waals surface area contributed by atoms with Crippen molar-refractivity contribution in [2.75, 3.05) is 31.9 Å². The zero-order valence-electron chi connectivity index (χ0n) is 18.2. The second kappa shape index (κ2) is 8.89. The SMILES string of the molecule is COC1CCN2CN(CC1)n1cc(C(=O)NCc3c(F)cc(F)cc3F)c(=O)c(C)c1C2=O. The second-order valence-electron chi connectivity index (χ2n) is 8.10. The zero-order chi connectivity index (χ0) is 23.9. The fraction of sp³-hybridized carbons (Fsp3) is 0.409. The number of fused-ring (bicyclic) bond motifs is 4. The number of halogens is 3. The molecular formula is C22H23F3N4O4. The highest BCUT2D eigenvalue weighted by atomic mass is 19.1. The Balaban J connectivity index is 1.66. The Morgan fingerprint density at radius 1 is 1.15 bits per heavy atom. The van der Waals surface area contributed by atoms with Crippen molar-refractivity contribution in [2.45, 2.75) is 32.4 Å². The minimum absolute atomic E-state index is 0.0339. The number of carbonyl (C=O) groups excluding carboxylic acids is 2. The molecule has 1 aromatic heterocycles. The molecule has 2 amide bonds. The van der Waals surface area contributed by atoms with E-state index in [4.69, 9.17) is 4.74 Å². The Bertz CT molecular complexity index is 1160. The third-order valence-corrected chi connectivity index (χ3v) is 6.09. The lowest BCUT2D eigenvalue weighted by molar-refractivity contribution is 0.0477. The van der Waals surface area contributed by atoms with E-state index in [1.54, 1.807) is 12.0 Å². The summed E-state index contributed by atoms with van der Waals surface area (Å²) in [4.78, 5) is 40.3. The number of hydrogen-bond donors (Lipinski definition) is 1. The predicted octanol–water partition coefficient (Wildman–Crippen LogP) is 1.66. The smallest absolute Gasteiger partial charge is 0.274 e. The van der Waals surface area contributed by atoms with Gasteiger partial charge in [0.15, 0.2) is 5.43 Å². The Kier molecular flexibility index (Phi) is 6.15. The molecule has 1 saturated heterocycles. The maximum Gasteiger partial charge on any atom is 0.274 e. The number of methoxy groups -OCH3 is 1. The number of carbonyl (C=O) groups is 2. The van der Waals surface area contributed by atoms with Gasteiger partial charge >= 0.3 is 0 Å². The highest BCUT2D eigenvalue weighted by Crippen LogP contribution is 2.21. The second-order valence-corrected chi connectivity index (χ2v) is 8.10. The molecule has 2 bridgehead atoms. The first-order valence-electron chi connectivity index (χ1n) is 10.5. The van der Waals surface area contributed by atoms with Gasteiger partial charge in [0.2, 0.25) is 0 Å². The number of rotatable bonds is 4. The van der Waals surface area contributed by atoms with E-state index in [1.165, 1.54) is 17.8 Å². The van der Waals surface area contributed by atoms with Gasteiger partial charge in [0.05, 0.1) is 6.10 Å². The molecule has 8 nitrogen and oxygen atoms in total. The third kappa shape index (κ3) is 4.20. The lowest BCUT2D eigenvalue weighted by Gasteiger charge is -2.42. The van der Waals surface area contributed by atoms with Gasteiger partial charge in [-0.05, 0) is 19.8 Å². The van der Waals surface area contributed by atoms with Crippen molar-refractivity contribution in [2.24, 2.45) is 0 Å². The number of pyridine rings is 1. The van der Waals surface area contributed by atoms with Crippen molar-refractivity contribution in [3.8, 4) is 0 Å². The first-order valence-corrected chi connectivity index (χ1v) is 10.5. The van der Waals surface area contributed by atoms with Gasteiger partial charge in [0, 0.05) is 56.2 Å². The molecule has 1 N–H and O–H groups in total. The van der Waals surface area contributed by atoms with Crippen molar-refractivity contribution < 1.29 is 27.5 Å². The molecule has 4 rings (SSSR count). The number of benzene rings is 1. The lowest BCUT2D eigenvalue weighted by atomic mass is 10.1. The summed E-state index contributed by atoms with van der Waals surface area (Å²) in [6, 6.07) is 1.02. The molecule has 1 aromatic carbocycles. The number of aromatic nitrogens is 1. The lowest BCUT2D eigenvalue weighted by Crippen LogP contribution is -2.57. The predicted molar refractivity (Wildman–Crippen MR) is 112 cm³/mol. The van der Waals surface area contributed by atoms with E-state index in [0.717, 1.165) is 0 Å². The van der Waals surface area contributed by atoms with Crippen molar-refractivity contribution in [1.29, 1.82) is 0 Å². The molecule has 0 spiro atoms. The summed E-state index contributed by atoms with van der Waals surface area (Å²) in [6.07, 6.45) is 2.61. The van der Waals surface area contributed by atoms with Crippen LogP contribution in [0.1, 0.15) is 44.8 Å². The molecule has 0 radical (unpaired) electrons. The largest absolute Gasteiger partial charge is 0.381 e. The van der Waals surface area contributed by atoms with E-state index >= 15 is 0 Å². The molecule has 0 aliphatic carbocycles. The third-order valence-electron chi connectivity index (χ3n) is 6.09. The summed E-state index contributed by atoms with van der Waals surface area (Å²) < 4.78 is 47.8. The Morgan fingerprint density at radius 3 is 2.48 bits per heavy atom. The molecule has 33 heavy (non-hydrogen) atoms. The van der Waals surface area contributed by atoms with Crippen LogP contribution in [0.5, 0.6) is 0 Å². The van der Waals surface area contributed by atoms with Gasteiger partial charge in [-0.15, -0.1) is 0 Å². The van der Waals surface area contributed by atoms with Crippen LogP contribution in [-0.2, 0) is 11.3 Å². The van der Waals surface area contributed by atoms with E-state index in [1.807, 2.05) is 5.01 Å². The van der Waals surface area contributed by atoms with Crippen molar-refractivity contribution in [1.82, 2.24) is 14.9 Å². The average molecular weight is 464 g/mol. The molecule has 1 unspecified atom stereocenters. The molecule has 2 aliphatic rings. The van der Waals surface area contributed by atoms with Gasteiger partial charge in [-0.3, -0.25) is 24.1 Å². The van der Waals surface area contributed by atoms with E-state index in [2.05, 4.69) is 5.32 Å². The van der Waals surface area contributed by atoms with E-state index in [0.29, 0.717) is 38.1 Å². The summed E-state index contributed by atoms with van der Waals surface area (Å²) >= 11 is 0. The highest BCUT2D eigenvalue weighted by molar-refractivity contribution is 5.98. The van der Waals surface area contributed by atoms with Gasteiger partial charge in [0.1, 0.15) is 35.4 Å². The van der Waals surface area contributed by atoms with Crippen LogP contribution in [-0.4, -0.2) is 54.4 Å². The summed E-state index contributed by atoms with van der Waals surface area (Å²) in [5.74, 6) is -4.56. The van der Waals surface area contributed by atoms with Crippen LogP contribution in [0, 0.1) is 24.4 Å². The first-order chi connectivity index (χ1) is 15.7. The summed E-state index contributed by atoms with van der Waals surface area (Å²) in [6.45, 7) is 2.16. The molecule has 176 valence electrons. The first kappa shape index (κ1) is 22.8. The van der Waals surface area contributed by atoms with E-state index in [-0.39, 0.29) is 35.5 Å². The maximum absolute atomic E-state index is 13.9. The van der Waals surface area contributed by atoms with Gasteiger partial charge in [-0.1, -0.05) is 0 Å². The van der Waals surface area contributed by atoms with Crippen molar-refractivity contribution in [3.05, 3.63) is 68.4 Å². The summed E-state index contributed by atoms with van der Waals surface area (Å²) in [5.41, 5.74) is -1.18. The molecule has 0 saturated carbocycles. The molecule has 2 aliphatic heterocycles. The van der Waals surface area contributed by atoms with E-state index in [9.17, 15) is 27.6 Å². The standard InChI is InChI=1S/C22H23F3N4O4/c1-12-19-22(32)27-5-3-14(33-2)4-6-28(11-27)29(19)10-16(20(12)30)21(31)26-9-15-17(24)7-13(23)8-18(15)25/h7-8,10,14H,3-6,9,11H2,1-2H3,(H,26,31). The van der Waals surface area contributed by atoms with Gasteiger partial charge in [-0.2, -0.15) is 0 Å². The molecule has 2 aromatic rings. The summed E-state index contributed by atoms with van der Waals surface area (Å²) in [5, 5.41) is 4.15. The fourth-order valence-electron chi connectivity index (χ4n) is 4.18. The van der Waals surface area contributed by atoms with Crippen LogP contribution < -0.4 is 15.8 Å². The normalized spacial score (nSPS) is 18.0. The topological polar surface area (TPSA) is 83.9 Å². The van der Waals surface area contributed by atoms with Crippen LogP contribution in [0.25, 0.3) is 0 Å². The number of nitrogens with one attached hydrogen (secondary N) is 1. The monoisotopic (exact) mass is 464 g/mol. The number of hydrogen-bond acceptors (Lipinski definition) is 5. The Labute approximate surface area is 187 Å². The van der Waals surface area contributed by atoms with Crippen LogP contribution in [0.2, 0.25) is 0 Å². The van der Waals surface area contributed by atoms with Crippen molar-refractivity contribution in [3.63, 3.8) is 0 Å². The minimum atomic E-state index is -1.15. The van der Waals surface area contributed by atoms with Gasteiger partial charge < -0.3 is 15.0 Å². The quantitative estimate of drug-likeness (QED) is 0.744. The number of amides is 2. The fourth-order valence-corrected chi connectivity index (χ4v) is 4.18. The maximum atomic E-state index is 13.9. The molecule has 1 atom stereocenters. The number of ether oxygens (including phenoxy) is 1. The van der Waals surface area contributed by atoms with Gasteiger partial charge in [-0.25, -0.2) is 13.2 Å². The van der Waals surface area contributed by atoms with Crippen LogP contribution in [0.15, 0.2) is 23.1 Å². The molecule has 3 heterocycles. The molecule has 11 heteroatoms. The highest BCUT2D eigenvalue weighted by Gasteiger charge is 2.34. The van der Waals surface area contributed by atoms with Gasteiger partial charge in [0.25, 0.3) is 11.8 Å². The summed E-state index contributed by atoms with van der Waals surface area (Å²) in [7, 11) is 1.61. The molecule has 1 fully saturated rings. The van der Waals surface area contributed by atoms with Crippen molar-refractivity contribution >= 4 is 11.8 Å². The average Bonchev–Trinajstić information content (AvgIpc) is 2.74.